The zero-order chi connectivity index (χ0) is 18.2. The fourth-order valence-corrected chi connectivity index (χ4v) is 2.88. The number of hydrogen-bond donors (Lipinski definition) is 2. The molecule has 1 aliphatic rings. The molecule has 0 spiro atoms. The van der Waals surface area contributed by atoms with Crippen molar-refractivity contribution in [1.29, 1.82) is 0 Å². The predicted molar refractivity (Wildman–Crippen MR) is 99.4 cm³/mol. The van der Waals surface area contributed by atoms with Gasteiger partial charge in [0.25, 0.3) is 0 Å². The third kappa shape index (κ3) is 5.62. The molecule has 0 aromatic heterocycles. The zero-order valence-corrected chi connectivity index (χ0v) is 15.3. The fourth-order valence-electron chi connectivity index (χ4n) is 2.88. The number of carbonyl (C=O) groups excluding carboxylic acids is 1. The van der Waals surface area contributed by atoms with Gasteiger partial charge < -0.3 is 20.4 Å². The number of piperazine rings is 1. The molecule has 2 rings (SSSR count). The highest BCUT2D eigenvalue weighted by atomic mass is 19.1. The fraction of sp³-hybridized carbons (Fsp3) is 0.556. The van der Waals surface area contributed by atoms with Gasteiger partial charge in [-0.3, -0.25) is 9.79 Å². The van der Waals surface area contributed by atoms with Crippen molar-refractivity contribution in [1.82, 2.24) is 15.5 Å². The van der Waals surface area contributed by atoms with Gasteiger partial charge in [0.1, 0.15) is 5.82 Å². The molecule has 0 bridgehead atoms. The third-order valence-corrected chi connectivity index (χ3v) is 4.07. The lowest BCUT2D eigenvalue weighted by Gasteiger charge is -2.37. The Hall–Kier alpha value is -2.31. The number of carbonyl (C=O) groups is 1. The van der Waals surface area contributed by atoms with E-state index in [2.05, 4.69) is 25.4 Å². The number of anilines is 1. The van der Waals surface area contributed by atoms with Crippen molar-refractivity contribution in [2.75, 3.05) is 44.7 Å². The first-order valence-electron chi connectivity index (χ1n) is 8.75. The van der Waals surface area contributed by atoms with Gasteiger partial charge in [0.2, 0.25) is 5.91 Å². The smallest absolute Gasteiger partial charge is 0.221 e. The van der Waals surface area contributed by atoms with Crippen LogP contribution in [0.4, 0.5) is 10.1 Å². The largest absolute Gasteiger partial charge is 0.366 e. The second-order valence-electron chi connectivity index (χ2n) is 6.37. The van der Waals surface area contributed by atoms with Crippen molar-refractivity contribution in [3.63, 3.8) is 0 Å². The number of aliphatic imine (C=N–C) groups is 1. The number of nitrogens with one attached hydrogen (secondary N) is 2. The summed E-state index contributed by atoms with van der Waals surface area (Å²) in [6.45, 7) is 7.40. The maximum atomic E-state index is 13.9. The van der Waals surface area contributed by atoms with Gasteiger partial charge in [0, 0.05) is 52.2 Å². The van der Waals surface area contributed by atoms with E-state index in [1.54, 1.807) is 13.1 Å². The molecule has 1 aromatic rings. The Morgan fingerprint density at radius 1 is 1.24 bits per heavy atom. The molecule has 0 radical (unpaired) electrons. The molecule has 138 valence electrons. The van der Waals surface area contributed by atoms with Crippen molar-refractivity contribution < 1.29 is 9.18 Å². The first-order valence-corrected chi connectivity index (χ1v) is 8.75. The highest BCUT2D eigenvalue weighted by molar-refractivity contribution is 5.81. The minimum absolute atomic E-state index is 0.0299. The van der Waals surface area contributed by atoms with E-state index in [1.807, 2.05) is 26.0 Å². The van der Waals surface area contributed by atoms with Gasteiger partial charge in [0.05, 0.1) is 5.69 Å². The Morgan fingerprint density at radius 2 is 1.92 bits per heavy atom. The molecule has 1 aromatic carbocycles. The van der Waals surface area contributed by atoms with Crippen LogP contribution in [-0.4, -0.2) is 62.6 Å². The summed E-state index contributed by atoms with van der Waals surface area (Å²) >= 11 is 0. The van der Waals surface area contributed by atoms with Gasteiger partial charge >= 0.3 is 0 Å². The normalized spacial score (nSPS) is 15.5. The Kier molecular flexibility index (Phi) is 7.03. The van der Waals surface area contributed by atoms with Crippen molar-refractivity contribution in [3.05, 3.63) is 30.1 Å². The number of benzene rings is 1. The number of rotatable bonds is 5. The van der Waals surface area contributed by atoms with Crippen LogP contribution >= 0.6 is 0 Å². The Morgan fingerprint density at radius 3 is 2.52 bits per heavy atom. The molecular formula is C18H28FN5O. The van der Waals surface area contributed by atoms with Gasteiger partial charge in [-0.1, -0.05) is 12.1 Å². The van der Waals surface area contributed by atoms with Gasteiger partial charge in [-0.15, -0.1) is 0 Å². The summed E-state index contributed by atoms with van der Waals surface area (Å²) in [6, 6.07) is 7.01. The average Bonchev–Trinajstić information content (AvgIpc) is 2.59. The van der Waals surface area contributed by atoms with Crippen LogP contribution in [0, 0.1) is 5.82 Å². The van der Waals surface area contributed by atoms with Crippen LogP contribution in [0.15, 0.2) is 29.3 Å². The predicted octanol–water partition coefficient (Wildman–Crippen LogP) is 1.44. The molecule has 1 heterocycles. The molecule has 0 saturated carbocycles. The van der Waals surface area contributed by atoms with Gasteiger partial charge in [0.15, 0.2) is 5.96 Å². The second-order valence-corrected chi connectivity index (χ2v) is 6.37. The molecule has 0 unspecified atom stereocenters. The Labute approximate surface area is 149 Å². The molecule has 1 aliphatic heterocycles. The maximum Gasteiger partial charge on any atom is 0.221 e. The van der Waals surface area contributed by atoms with Gasteiger partial charge in [-0.05, 0) is 26.0 Å². The molecule has 6 nitrogen and oxygen atoms in total. The van der Waals surface area contributed by atoms with Crippen molar-refractivity contribution in [2.24, 2.45) is 4.99 Å². The molecular weight excluding hydrogens is 321 g/mol. The van der Waals surface area contributed by atoms with Crippen molar-refractivity contribution in [2.45, 2.75) is 26.3 Å². The summed E-state index contributed by atoms with van der Waals surface area (Å²) in [4.78, 5) is 20.2. The lowest BCUT2D eigenvalue weighted by Crippen LogP contribution is -2.53. The summed E-state index contributed by atoms with van der Waals surface area (Å²) in [6.07, 6.45) is 0.409. The molecule has 7 heteroatoms. The van der Waals surface area contributed by atoms with E-state index in [9.17, 15) is 9.18 Å². The average molecular weight is 349 g/mol. The molecule has 0 atom stereocenters. The van der Waals surface area contributed by atoms with Crippen LogP contribution in [0.25, 0.3) is 0 Å². The van der Waals surface area contributed by atoms with Gasteiger partial charge in [-0.25, -0.2) is 4.39 Å². The number of guanidine groups is 1. The summed E-state index contributed by atoms with van der Waals surface area (Å²) < 4.78 is 13.9. The molecule has 1 saturated heterocycles. The molecule has 25 heavy (non-hydrogen) atoms. The maximum absolute atomic E-state index is 13.9. The summed E-state index contributed by atoms with van der Waals surface area (Å²) in [5, 5.41) is 6.10. The molecule has 0 aliphatic carbocycles. The summed E-state index contributed by atoms with van der Waals surface area (Å²) in [5.74, 6) is 0.627. The van der Waals surface area contributed by atoms with E-state index in [0.29, 0.717) is 18.7 Å². The SMILES string of the molecule is CN=C(NCCC(=O)NC(C)C)N1CCN(c2ccccc2F)CC1. The van der Waals surface area contributed by atoms with Crippen molar-refractivity contribution in [3.8, 4) is 0 Å². The van der Waals surface area contributed by atoms with Crippen LogP contribution in [0.3, 0.4) is 0 Å². The first-order chi connectivity index (χ1) is 12.0. The number of nitrogens with zero attached hydrogens (tertiary/aromatic N) is 3. The lowest BCUT2D eigenvalue weighted by atomic mass is 10.2. The van der Waals surface area contributed by atoms with E-state index < -0.39 is 0 Å². The zero-order valence-electron chi connectivity index (χ0n) is 15.3. The van der Waals surface area contributed by atoms with Gasteiger partial charge in [-0.2, -0.15) is 0 Å². The third-order valence-electron chi connectivity index (χ3n) is 4.07. The highest BCUT2D eigenvalue weighted by Gasteiger charge is 2.21. The quantitative estimate of drug-likeness (QED) is 0.624. The lowest BCUT2D eigenvalue weighted by molar-refractivity contribution is -0.121. The summed E-state index contributed by atoms with van der Waals surface area (Å²) in [5.41, 5.74) is 0.649. The van der Waals surface area contributed by atoms with E-state index in [-0.39, 0.29) is 17.8 Å². The van der Waals surface area contributed by atoms with Crippen LogP contribution in [-0.2, 0) is 4.79 Å². The van der Waals surface area contributed by atoms with E-state index in [4.69, 9.17) is 0 Å². The van der Waals surface area contributed by atoms with Crippen LogP contribution in [0.2, 0.25) is 0 Å². The van der Waals surface area contributed by atoms with E-state index >= 15 is 0 Å². The monoisotopic (exact) mass is 349 g/mol. The highest BCUT2D eigenvalue weighted by Crippen LogP contribution is 2.20. The topological polar surface area (TPSA) is 60.0 Å². The number of amides is 1. The van der Waals surface area contributed by atoms with Crippen LogP contribution in [0.5, 0.6) is 0 Å². The summed E-state index contributed by atoms with van der Waals surface area (Å²) in [7, 11) is 1.74. The first kappa shape index (κ1) is 19.0. The minimum Gasteiger partial charge on any atom is -0.366 e. The van der Waals surface area contributed by atoms with Crippen LogP contribution < -0.4 is 15.5 Å². The molecule has 1 fully saturated rings. The van der Waals surface area contributed by atoms with Crippen molar-refractivity contribution >= 4 is 17.6 Å². The number of halogens is 1. The molecule has 2 N–H and O–H groups in total. The number of para-hydroxylation sites is 1. The standard InChI is InChI=1S/C18H28FN5O/c1-14(2)22-17(25)8-9-21-18(20-3)24-12-10-23(11-13-24)16-7-5-4-6-15(16)19/h4-7,14H,8-13H2,1-3H3,(H,20,21)(H,22,25). The number of hydrogen-bond acceptors (Lipinski definition) is 3. The van der Waals surface area contributed by atoms with E-state index in [0.717, 1.165) is 32.1 Å². The Balaban J connectivity index is 1.80. The second kappa shape index (κ2) is 9.25. The minimum atomic E-state index is -0.186. The Bertz CT molecular complexity index is 597. The van der Waals surface area contributed by atoms with E-state index in [1.165, 1.54) is 6.07 Å². The molecule has 1 amide bonds. The van der Waals surface area contributed by atoms with Crippen LogP contribution in [0.1, 0.15) is 20.3 Å².